The summed E-state index contributed by atoms with van der Waals surface area (Å²) in [4.78, 5) is 28.0. The Balaban J connectivity index is 1.92. The minimum absolute atomic E-state index is 0.00363. The fraction of sp³-hybridized carbons (Fsp3) is 0.286. The minimum atomic E-state index is -0.825. The van der Waals surface area contributed by atoms with Gasteiger partial charge in [-0.15, -0.1) is 0 Å². The Morgan fingerprint density at radius 1 is 1.03 bits per heavy atom. The molecular formula is C28H29NO6. The molecule has 182 valence electrons. The third-order valence-electron chi connectivity index (χ3n) is 6.20. The van der Waals surface area contributed by atoms with Crippen LogP contribution in [0.15, 0.2) is 70.9 Å². The molecule has 2 aromatic carbocycles. The lowest BCUT2D eigenvalue weighted by molar-refractivity contribution is -0.140. The smallest absolute Gasteiger partial charge is 0.296 e. The van der Waals surface area contributed by atoms with E-state index in [-0.39, 0.29) is 23.3 Å². The van der Waals surface area contributed by atoms with E-state index in [0.29, 0.717) is 28.4 Å². The number of likely N-dealkylation sites (tertiary alicyclic amines) is 1. The number of furan rings is 1. The lowest BCUT2D eigenvalue weighted by Gasteiger charge is -2.25. The van der Waals surface area contributed by atoms with Crippen LogP contribution >= 0.6 is 0 Å². The van der Waals surface area contributed by atoms with Gasteiger partial charge in [0.05, 0.1) is 44.2 Å². The number of rotatable bonds is 6. The van der Waals surface area contributed by atoms with Gasteiger partial charge in [0.1, 0.15) is 23.0 Å². The lowest BCUT2D eigenvalue weighted by Crippen LogP contribution is -2.29. The number of amides is 1. The second-order valence-electron chi connectivity index (χ2n) is 9.44. The summed E-state index contributed by atoms with van der Waals surface area (Å²) in [5.74, 6) is -0.197. The van der Waals surface area contributed by atoms with Crippen LogP contribution in [0.2, 0.25) is 0 Å². The van der Waals surface area contributed by atoms with Crippen molar-refractivity contribution in [3.63, 3.8) is 0 Å². The molecule has 7 heteroatoms. The SMILES string of the molecule is COc1ccc(C2/C(=C(\O)c3cc(C(C)(C)C)ccc3OC)C(=O)C(=O)N2Cc2ccco2)cc1. The molecule has 1 aromatic heterocycles. The Labute approximate surface area is 204 Å². The normalized spacial score (nSPS) is 17.6. The fourth-order valence-electron chi connectivity index (χ4n) is 4.25. The highest BCUT2D eigenvalue weighted by molar-refractivity contribution is 6.46. The van der Waals surface area contributed by atoms with E-state index in [1.165, 1.54) is 18.3 Å². The molecule has 3 aromatic rings. The number of hydrogen-bond acceptors (Lipinski definition) is 6. The number of methoxy groups -OCH3 is 2. The van der Waals surface area contributed by atoms with Gasteiger partial charge >= 0.3 is 0 Å². The predicted octanol–water partition coefficient (Wildman–Crippen LogP) is 5.22. The second kappa shape index (κ2) is 9.33. The van der Waals surface area contributed by atoms with Crippen molar-refractivity contribution in [1.82, 2.24) is 4.90 Å². The molecule has 0 aliphatic carbocycles. The van der Waals surface area contributed by atoms with Crippen LogP contribution in [0.4, 0.5) is 0 Å². The van der Waals surface area contributed by atoms with Crippen LogP contribution in [0.5, 0.6) is 11.5 Å². The molecular weight excluding hydrogens is 446 g/mol. The van der Waals surface area contributed by atoms with Crippen LogP contribution in [0, 0.1) is 0 Å². The number of nitrogens with zero attached hydrogens (tertiary/aromatic N) is 1. The maximum absolute atomic E-state index is 13.3. The van der Waals surface area contributed by atoms with Crippen molar-refractivity contribution in [2.24, 2.45) is 0 Å². The van der Waals surface area contributed by atoms with Crippen LogP contribution < -0.4 is 9.47 Å². The average molecular weight is 476 g/mol. The first-order valence-corrected chi connectivity index (χ1v) is 11.3. The Morgan fingerprint density at radius 3 is 2.31 bits per heavy atom. The van der Waals surface area contributed by atoms with E-state index in [1.807, 2.05) is 6.07 Å². The Morgan fingerprint density at radius 2 is 1.74 bits per heavy atom. The second-order valence-corrected chi connectivity index (χ2v) is 9.44. The van der Waals surface area contributed by atoms with E-state index >= 15 is 0 Å². The highest BCUT2D eigenvalue weighted by Crippen LogP contribution is 2.42. The minimum Gasteiger partial charge on any atom is -0.507 e. The van der Waals surface area contributed by atoms with Crippen molar-refractivity contribution in [3.05, 3.63) is 88.9 Å². The van der Waals surface area contributed by atoms with E-state index in [9.17, 15) is 14.7 Å². The number of ether oxygens (including phenoxy) is 2. The van der Waals surface area contributed by atoms with E-state index in [1.54, 1.807) is 55.6 Å². The summed E-state index contributed by atoms with van der Waals surface area (Å²) in [6.07, 6.45) is 1.51. The van der Waals surface area contributed by atoms with Gasteiger partial charge < -0.3 is 23.9 Å². The molecule has 4 rings (SSSR count). The molecule has 1 amide bonds. The van der Waals surface area contributed by atoms with Gasteiger partial charge in [-0.05, 0) is 52.9 Å². The number of benzene rings is 2. The molecule has 7 nitrogen and oxygen atoms in total. The summed E-state index contributed by atoms with van der Waals surface area (Å²) in [7, 11) is 3.06. The zero-order valence-corrected chi connectivity index (χ0v) is 20.5. The number of Topliss-reactive ketones (excluding diaryl/α,β-unsaturated/α-hetero) is 1. The van der Waals surface area contributed by atoms with Crippen LogP contribution in [0.3, 0.4) is 0 Å². The van der Waals surface area contributed by atoms with E-state index < -0.39 is 17.7 Å². The molecule has 1 fully saturated rings. The average Bonchev–Trinajstić information content (AvgIpc) is 3.45. The van der Waals surface area contributed by atoms with Crippen LogP contribution in [-0.4, -0.2) is 35.9 Å². The Hall–Kier alpha value is -4.00. The van der Waals surface area contributed by atoms with Crippen molar-refractivity contribution in [1.29, 1.82) is 0 Å². The van der Waals surface area contributed by atoms with Crippen LogP contribution in [0.25, 0.3) is 5.76 Å². The zero-order chi connectivity index (χ0) is 25.3. The summed E-state index contributed by atoms with van der Waals surface area (Å²) in [6, 6.07) is 15.2. The van der Waals surface area contributed by atoms with Gasteiger partial charge in [0.2, 0.25) is 0 Å². The predicted molar refractivity (Wildman–Crippen MR) is 131 cm³/mol. The number of carbonyl (C=O) groups is 2. The molecule has 1 unspecified atom stereocenters. The molecule has 0 radical (unpaired) electrons. The maximum atomic E-state index is 13.3. The molecule has 1 N–H and O–H groups in total. The summed E-state index contributed by atoms with van der Waals surface area (Å²) in [6.45, 7) is 6.24. The molecule has 35 heavy (non-hydrogen) atoms. The monoisotopic (exact) mass is 475 g/mol. The molecule has 0 bridgehead atoms. The quantitative estimate of drug-likeness (QED) is 0.299. The van der Waals surface area contributed by atoms with E-state index in [4.69, 9.17) is 13.9 Å². The van der Waals surface area contributed by atoms with Gasteiger partial charge in [-0.2, -0.15) is 0 Å². The number of aliphatic hydroxyl groups excluding tert-OH is 1. The summed E-state index contributed by atoms with van der Waals surface area (Å²) in [5.41, 5.74) is 1.75. The van der Waals surface area contributed by atoms with Crippen molar-refractivity contribution < 1.29 is 28.6 Å². The highest BCUT2D eigenvalue weighted by Gasteiger charge is 2.46. The van der Waals surface area contributed by atoms with Gasteiger partial charge in [-0.1, -0.05) is 39.0 Å². The van der Waals surface area contributed by atoms with Gasteiger partial charge in [-0.3, -0.25) is 9.59 Å². The molecule has 1 saturated heterocycles. The van der Waals surface area contributed by atoms with Gasteiger partial charge in [0.25, 0.3) is 11.7 Å². The Bertz CT molecular complexity index is 1270. The van der Waals surface area contributed by atoms with Gasteiger partial charge in [-0.25, -0.2) is 0 Å². The Kier molecular flexibility index (Phi) is 6.43. The van der Waals surface area contributed by atoms with Gasteiger partial charge in [0, 0.05) is 0 Å². The van der Waals surface area contributed by atoms with Crippen LogP contribution in [-0.2, 0) is 21.5 Å². The number of hydrogen-bond donors (Lipinski definition) is 1. The molecule has 1 aliphatic heterocycles. The number of carbonyl (C=O) groups excluding carboxylic acids is 2. The largest absolute Gasteiger partial charge is 0.507 e. The number of aliphatic hydroxyl groups is 1. The van der Waals surface area contributed by atoms with Crippen molar-refractivity contribution in [3.8, 4) is 11.5 Å². The van der Waals surface area contributed by atoms with E-state index in [0.717, 1.165) is 5.56 Å². The standard InChI is InChI=1S/C28H29NO6/c1-28(2,3)18-10-13-22(34-5)21(15-18)25(30)23-24(17-8-11-19(33-4)12-9-17)29(27(32)26(23)31)16-20-7-6-14-35-20/h6-15,24,30H,16H2,1-5H3/b25-23+. The summed E-state index contributed by atoms with van der Waals surface area (Å²) in [5, 5.41) is 11.5. The first-order valence-electron chi connectivity index (χ1n) is 11.3. The fourth-order valence-corrected chi connectivity index (χ4v) is 4.25. The third kappa shape index (κ3) is 4.54. The van der Waals surface area contributed by atoms with Crippen LogP contribution in [0.1, 0.15) is 49.3 Å². The van der Waals surface area contributed by atoms with Crippen molar-refractivity contribution in [2.75, 3.05) is 14.2 Å². The lowest BCUT2D eigenvalue weighted by atomic mass is 9.85. The molecule has 1 atom stereocenters. The maximum Gasteiger partial charge on any atom is 0.296 e. The molecule has 2 heterocycles. The molecule has 1 aliphatic rings. The topological polar surface area (TPSA) is 89.2 Å². The summed E-state index contributed by atoms with van der Waals surface area (Å²) < 4.78 is 16.2. The van der Waals surface area contributed by atoms with E-state index in [2.05, 4.69) is 20.8 Å². The highest BCUT2D eigenvalue weighted by atomic mass is 16.5. The molecule has 0 spiro atoms. The first kappa shape index (κ1) is 24.1. The first-order chi connectivity index (χ1) is 16.7. The zero-order valence-electron chi connectivity index (χ0n) is 20.5. The van der Waals surface area contributed by atoms with Crippen molar-refractivity contribution >= 4 is 17.4 Å². The third-order valence-corrected chi connectivity index (χ3v) is 6.20. The number of ketones is 1. The van der Waals surface area contributed by atoms with Gasteiger partial charge in [0.15, 0.2) is 0 Å². The molecule has 0 saturated carbocycles. The summed E-state index contributed by atoms with van der Waals surface area (Å²) >= 11 is 0. The van der Waals surface area contributed by atoms with Crippen molar-refractivity contribution in [2.45, 2.75) is 38.8 Å².